The minimum atomic E-state index is -0.338. The number of nitrogens with zero attached hydrogens (tertiary/aromatic N) is 2. The number of fused-ring (bicyclic) bond motifs is 1. The molecule has 4 rings (SSSR count). The first-order chi connectivity index (χ1) is 13.5. The predicted molar refractivity (Wildman–Crippen MR) is 107 cm³/mol. The zero-order valence-corrected chi connectivity index (χ0v) is 16.0. The molecule has 0 radical (unpaired) electrons. The summed E-state index contributed by atoms with van der Waals surface area (Å²) in [6, 6.07) is 12.1. The second kappa shape index (κ2) is 7.11. The van der Waals surface area contributed by atoms with Crippen LogP contribution in [0.4, 0.5) is 10.1 Å². The Morgan fingerprint density at radius 3 is 2.75 bits per heavy atom. The Morgan fingerprint density at radius 2 is 2.04 bits per heavy atom. The summed E-state index contributed by atoms with van der Waals surface area (Å²) in [6.45, 7) is 2.81. The molecule has 144 valence electrons. The van der Waals surface area contributed by atoms with E-state index < -0.39 is 0 Å². The Bertz CT molecular complexity index is 1090. The molecule has 28 heavy (non-hydrogen) atoms. The van der Waals surface area contributed by atoms with Gasteiger partial charge in [0.15, 0.2) is 0 Å². The number of hydrogen-bond acceptors (Lipinski definition) is 2. The summed E-state index contributed by atoms with van der Waals surface area (Å²) in [7, 11) is 1.83. The van der Waals surface area contributed by atoms with E-state index in [1.165, 1.54) is 12.1 Å². The van der Waals surface area contributed by atoms with Crippen molar-refractivity contribution in [3.05, 3.63) is 65.1 Å². The molecule has 0 bridgehead atoms. The molecule has 1 aliphatic heterocycles. The maximum absolute atomic E-state index is 13.4. The summed E-state index contributed by atoms with van der Waals surface area (Å²) in [5.41, 5.74) is 3.77. The number of nitrogens with one attached hydrogen (secondary N) is 1. The van der Waals surface area contributed by atoms with E-state index in [1.807, 2.05) is 36.7 Å². The number of carbonyl (C=O) groups excluding carboxylic acids is 2. The first-order valence-corrected chi connectivity index (χ1v) is 9.38. The van der Waals surface area contributed by atoms with E-state index in [2.05, 4.69) is 5.32 Å². The van der Waals surface area contributed by atoms with Crippen LogP contribution in [0.25, 0.3) is 10.9 Å². The van der Waals surface area contributed by atoms with Crippen LogP contribution in [0.2, 0.25) is 0 Å². The number of aromatic nitrogens is 1. The molecule has 0 spiro atoms. The van der Waals surface area contributed by atoms with Gasteiger partial charge in [-0.3, -0.25) is 9.59 Å². The van der Waals surface area contributed by atoms with Crippen molar-refractivity contribution in [1.82, 2.24) is 9.88 Å². The average Bonchev–Trinajstić information content (AvgIpc) is 3.20. The Hall–Kier alpha value is -3.15. The van der Waals surface area contributed by atoms with Crippen molar-refractivity contribution in [1.29, 1.82) is 0 Å². The molecule has 1 aromatic heterocycles. The molecule has 2 heterocycles. The van der Waals surface area contributed by atoms with E-state index in [-0.39, 0.29) is 24.2 Å². The van der Waals surface area contributed by atoms with Crippen molar-refractivity contribution in [2.75, 3.05) is 11.4 Å². The highest BCUT2D eigenvalue weighted by Gasteiger charge is 2.31. The number of aryl methyl sites for hydroxylation is 2. The lowest BCUT2D eigenvalue weighted by Crippen LogP contribution is -2.30. The molecule has 1 N–H and O–H groups in total. The van der Waals surface area contributed by atoms with Gasteiger partial charge in [-0.1, -0.05) is 23.8 Å². The topological polar surface area (TPSA) is 54.3 Å². The van der Waals surface area contributed by atoms with E-state index >= 15 is 0 Å². The van der Waals surface area contributed by atoms with Gasteiger partial charge in [-0.2, -0.15) is 0 Å². The van der Waals surface area contributed by atoms with Crippen LogP contribution in [0.15, 0.2) is 42.5 Å². The Morgan fingerprint density at radius 1 is 1.21 bits per heavy atom. The number of halogens is 1. The lowest BCUT2D eigenvalue weighted by atomic mass is 10.1. The number of benzene rings is 2. The van der Waals surface area contributed by atoms with Gasteiger partial charge < -0.3 is 14.8 Å². The molecule has 0 saturated carbocycles. The summed E-state index contributed by atoms with van der Waals surface area (Å²) < 4.78 is 15.2. The summed E-state index contributed by atoms with van der Waals surface area (Å²) in [4.78, 5) is 27.3. The smallest absolute Gasteiger partial charge is 0.270 e. The zero-order valence-electron chi connectivity index (χ0n) is 16.0. The van der Waals surface area contributed by atoms with Crippen molar-refractivity contribution in [3.8, 4) is 0 Å². The third-order valence-corrected chi connectivity index (χ3v) is 5.23. The van der Waals surface area contributed by atoms with Gasteiger partial charge in [0.1, 0.15) is 11.5 Å². The van der Waals surface area contributed by atoms with Crippen molar-refractivity contribution < 1.29 is 14.0 Å². The highest BCUT2D eigenvalue weighted by molar-refractivity contribution is 6.14. The molecule has 1 saturated heterocycles. The SMILES string of the molecule is Cc1ccc2c(c1)c(N1CCCC1=O)c(C(=O)NCc1cccc(F)c1)n2C. The van der Waals surface area contributed by atoms with E-state index in [4.69, 9.17) is 0 Å². The molecule has 3 aromatic rings. The molecule has 2 amide bonds. The molecule has 0 atom stereocenters. The van der Waals surface area contributed by atoms with Crippen LogP contribution in [-0.4, -0.2) is 22.9 Å². The van der Waals surface area contributed by atoms with Gasteiger partial charge in [-0.25, -0.2) is 4.39 Å². The van der Waals surface area contributed by atoms with Gasteiger partial charge >= 0.3 is 0 Å². The highest BCUT2D eigenvalue weighted by Crippen LogP contribution is 2.36. The van der Waals surface area contributed by atoms with E-state index in [9.17, 15) is 14.0 Å². The Balaban J connectivity index is 1.75. The van der Waals surface area contributed by atoms with E-state index in [1.54, 1.807) is 17.0 Å². The minimum Gasteiger partial charge on any atom is -0.347 e. The largest absolute Gasteiger partial charge is 0.347 e. The van der Waals surface area contributed by atoms with Gasteiger partial charge in [0.2, 0.25) is 5.91 Å². The fourth-order valence-electron chi connectivity index (χ4n) is 3.87. The number of carbonyl (C=O) groups is 2. The van der Waals surface area contributed by atoms with Gasteiger partial charge in [0.25, 0.3) is 5.91 Å². The van der Waals surface area contributed by atoms with E-state index in [0.717, 1.165) is 22.9 Å². The monoisotopic (exact) mass is 379 g/mol. The van der Waals surface area contributed by atoms with Crippen molar-refractivity contribution in [2.45, 2.75) is 26.3 Å². The maximum atomic E-state index is 13.4. The average molecular weight is 379 g/mol. The number of rotatable bonds is 4. The van der Waals surface area contributed by atoms with Gasteiger partial charge in [-0.15, -0.1) is 0 Å². The predicted octanol–water partition coefficient (Wildman–Crippen LogP) is 3.68. The summed E-state index contributed by atoms with van der Waals surface area (Å²) in [5, 5.41) is 3.77. The fraction of sp³-hybridized carbons (Fsp3) is 0.273. The summed E-state index contributed by atoms with van der Waals surface area (Å²) in [5.74, 6) is -0.585. The normalized spacial score (nSPS) is 14.1. The zero-order chi connectivity index (χ0) is 19.8. The lowest BCUT2D eigenvalue weighted by Gasteiger charge is -2.18. The van der Waals surface area contributed by atoms with Crippen LogP contribution >= 0.6 is 0 Å². The van der Waals surface area contributed by atoms with Crippen molar-refractivity contribution in [2.24, 2.45) is 7.05 Å². The second-order valence-corrected chi connectivity index (χ2v) is 7.24. The lowest BCUT2D eigenvalue weighted by molar-refractivity contribution is -0.117. The first-order valence-electron chi connectivity index (χ1n) is 9.38. The Labute approximate surface area is 162 Å². The minimum absolute atomic E-state index is 0.0354. The molecular formula is C22H22FN3O2. The van der Waals surface area contributed by atoms with Gasteiger partial charge in [0, 0.05) is 31.9 Å². The maximum Gasteiger partial charge on any atom is 0.270 e. The number of anilines is 1. The first kappa shape index (κ1) is 18.2. The van der Waals surface area contributed by atoms with Crippen molar-refractivity contribution in [3.63, 3.8) is 0 Å². The molecule has 6 heteroatoms. The third kappa shape index (κ3) is 3.15. The van der Waals surface area contributed by atoms with Crippen molar-refractivity contribution >= 4 is 28.4 Å². The van der Waals surface area contributed by atoms with Gasteiger partial charge in [0.05, 0.1) is 11.2 Å². The molecule has 5 nitrogen and oxygen atoms in total. The van der Waals surface area contributed by atoms with Crippen LogP contribution in [0.5, 0.6) is 0 Å². The fourth-order valence-corrected chi connectivity index (χ4v) is 3.87. The molecule has 0 aliphatic carbocycles. The molecule has 0 unspecified atom stereocenters. The number of hydrogen-bond donors (Lipinski definition) is 1. The quantitative estimate of drug-likeness (QED) is 0.752. The van der Waals surface area contributed by atoms with Crippen LogP contribution in [0.1, 0.15) is 34.5 Å². The summed E-state index contributed by atoms with van der Waals surface area (Å²) >= 11 is 0. The standard InChI is InChI=1S/C22H22FN3O2/c1-14-8-9-18-17(11-14)20(26-10-4-7-19(26)27)21(25(18)2)22(28)24-13-15-5-3-6-16(23)12-15/h3,5-6,8-9,11-12H,4,7,10,13H2,1-2H3,(H,24,28). The van der Waals surface area contributed by atoms with Crippen LogP contribution in [0, 0.1) is 12.7 Å². The number of amides is 2. The Kier molecular flexibility index (Phi) is 4.63. The molecule has 1 aliphatic rings. The summed E-state index contributed by atoms with van der Waals surface area (Å²) in [6.07, 6.45) is 1.28. The molecule has 2 aromatic carbocycles. The molecule has 1 fully saturated rings. The molecular weight excluding hydrogens is 357 g/mol. The van der Waals surface area contributed by atoms with Gasteiger partial charge in [-0.05, 0) is 43.2 Å². The third-order valence-electron chi connectivity index (χ3n) is 5.23. The van der Waals surface area contributed by atoms with Crippen LogP contribution < -0.4 is 10.2 Å². The van der Waals surface area contributed by atoms with Crippen LogP contribution in [-0.2, 0) is 18.4 Å². The second-order valence-electron chi connectivity index (χ2n) is 7.24. The van der Waals surface area contributed by atoms with Crippen LogP contribution in [0.3, 0.4) is 0 Å². The highest BCUT2D eigenvalue weighted by atomic mass is 19.1. The van der Waals surface area contributed by atoms with E-state index in [0.29, 0.717) is 29.9 Å².